The summed E-state index contributed by atoms with van der Waals surface area (Å²) in [6.45, 7) is 4.11. The van der Waals surface area contributed by atoms with E-state index in [-0.39, 0.29) is 23.8 Å². The number of fused-ring (bicyclic) bond motifs is 1. The average molecular weight is 342 g/mol. The number of epoxide rings is 1. The maximum Gasteiger partial charge on any atom is 0.336 e. The van der Waals surface area contributed by atoms with Gasteiger partial charge in [-0.2, -0.15) is 0 Å². The summed E-state index contributed by atoms with van der Waals surface area (Å²) in [5, 5.41) is 0.838. The average Bonchev–Trinajstić information content (AvgIpc) is 3.10. The number of esters is 1. The molecule has 1 fully saturated rings. The first-order valence-electron chi connectivity index (χ1n) is 8.17. The Kier molecular flexibility index (Phi) is 3.65. The van der Waals surface area contributed by atoms with Crippen LogP contribution in [0.15, 0.2) is 51.2 Å². The molecule has 0 aliphatic carbocycles. The van der Waals surface area contributed by atoms with Crippen molar-refractivity contribution in [1.82, 2.24) is 0 Å². The lowest BCUT2D eigenvalue weighted by molar-refractivity contribution is -0.140. The van der Waals surface area contributed by atoms with E-state index in [2.05, 4.69) is 0 Å². The van der Waals surface area contributed by atoms with Gasteiger partial charge in [0, 0.05) is 29.5 Å². The van der Waals surface area contributed by atoms with Crippen LogP contribution in [0.25, 0.3) is 11.0 Å². The van der Waals surface area contributed by atoms with Crippen LogP contribution < -0.4 is 10.4 Å². The normalized spacial score (nSPS) is 27.9. The molecule has 2 aliphatic rings. The number of rotatable bonds is 5. The van der Waals surface area contributed by atoms with Crippen LogP contribution in [0.2, 0.25) is 0 Å². The van der Waals surface area contributed by atoms with Crippen LogP contribution in [0.3, 0.4) is 0 Å². The molecule has 1 aromatic heterocycles. The van der Waals surface area contributed by atoms with Gasteiger partial charge >= 0.3 is 11.6 Å². The van der Waals surface area contributed by atoms with E-state index in [1.165, 1.54) is 6.07 Å². The second kappa shape index (κ2) is 5.74. The van der Waals surface area contributed by atoms with Crippen LogP contribution >= 0.6 is 0 Å². The molecule has 6 heteroatoms. The lowest BCUT2D eigenvalue weighted by Crippen LogP contribution is -2.22. The highest BCUT2D eigenvalue weighted by atomic mass is 16.6. The monoisotopic (exact) mass is 342 g/mol. The van der Waals surface area contributed by atoms with E-state index in [0.717, 1.165) is 5.39 Å². The molecule has 0 saturated carbocycles. The zero-order valence-corrected chi connectivity index (χ0v) is 14.0. The van der Waals surface area contributed by atoms with E-state index >= 15 is 0 Å². The highest BCUT2D eigenvalue weighted by Crippen LogP contribution is 2.42. The van der Waals surface area contributed by atoms with E-state index < -0.39 is 5.63 Å². The number of benzene rings is 1. The maximum atomic E-state index is 11.4. The first-order valence-corrected chi connectivity index (χ1v) is 8.17. The van der Waals surface area contributed by atoms with E-state index in [0.29, 0.717) is 29.9 Å². The molecule has 130 valence electrons. The van der Waals surface area contributed by atoms with Crippen molar-refractivity contribution < 1.29 is 23.4 Å². The summed E-state index contributed by atoms with van der Waals surface area (Å²) in [6.07, 6.45) is 2.13. The standard InChI is InChI=1S/C19H18O6/c1-11-7-14(23-18(11)21)9-19(2)16(25-19)10-22-13-5-3-12-4-6-17(20)24-15(12)8-13/h3-8,14,16H,9-10H2,1-2H3/t14-,16-,19-/m0/s1. The highest BCUT2D eigenvalue weighted by Gasteiger charge is 2.54. The number of carbonyl (C=O) groups is 1. The van der Waals surface area contributed by atoms with Crippen LogP contribution in [-0.2, 0) is 14.3 Å². The van der Waals surface area contributed by atoms with Gasteiger partial charge in [0.2, 0.25) is 0 Å². The van der Waals surface area contributed by atoms with Crippen LogP contribution in [0.5, 0.6) is 5.75 Å². The molecular weight excluding hydrogens is 324 g/mol. The van der Waals surface area contributed by atoms with E-state index in [1.807, 2.05) is 25.1 Å². The van der Waals surface area contributed by atoms with Gasteiger partial charge in [0.1, 0.15) is 30.1 Å². The highest BCUT2D eigenvalue weighted by molar-refractivity contribution is 5.90. The maximum absolute atomic E-state index is 11.4. The van der Waals surface area contributed by atoms with Crippen LogP contribution in [0, 0.1) is 0 Å². The van der Waals surface area contributed by atoms with E-state index in [4.69, 9.17) is 18.6 Å². The molecule has 0 bridgehead atoms. The molecule has 0 radical (unpaired) electrons. The van der Waals surface area contributed by atoms with Gasteiger partial charge in [-0.05, 0) is 38.1 Å². The van der Waals surface area contributed by atoms with Crippen molar-refractivity contribution in [2.24, 2.45) is 0 Å². The first-order chi connectivity index (χ1) is 11.9. The summed E-state index contributed by atoms with van der Waals surface area (Å²) >= 11 is 0. The summed E-state index contributed by atoms with van der Waals surface area (Å²) < 4.78 is 21.9. The Balaban J connectivity index is 1.36. The Hall–Kier alpha value is -2.60. The minimum absolute atomic E-state index is 0.0704. The fourth-order valence-electron chi connectivity index (χ4n) is 3.09. The van der Waals surface area contributed by atoms with Crippen molar-refractivity contribution in [2.45, 2.75) is 38.1 Å². The fourth-order valence-corrected chi connectivity index (χ4v) is 3.09. The lowest BCUT2D eigenvalue weighted by atomic mass is 9.99. The van der Waals surface area contributed by atoms with Crippen molar-refractivity contribution in [1.29, 1.82) is 0 Å². The Morgan fingerprint density at radius 3 is 2.76 bits per heavy atom. The number of ether oxygens (including phenoxy) is 3. The van der Waals surface area contributed by atoms with Gasteiger partial charge < -0.3 is 18.6 Å². The van der Waals surface area contributed by atoms with Gasteiger partial charge in [0.05, 0.1) is 5.60 Å². The molecule has 1 aromatic carbocycles. The molecule has 0 unspecified atom stereocenters. The Morgan fingerprint density at radius 1 is 1.20 bits per heavy atom. The number of hydrogen-bond donors (Lipinski definition) is 0. The molecule has 0 spiro atoms. The third kappa shape index (κ3) is 3.17. The van der Waals surface area contributed by atoms with Gasteiger partial charge in [-0.15, -0.1) is 0 Å². The number of carbonyl (C=O) groups excluding carboxylic acids is 1. The Morgan fingerprint density at radius 2 is 2.00 bits per heavy atom. The molecule has 0 N–H and O–H groups in total. The second-order valence-corrected chi connectivity index (χ2v) is 6.68. The molecule has 2 aromatic rings. The van der Waals surface area contributed by atoms with Gasteiger partial charge in [0.25, 0.3) is 0 Å². The quantitative estimate of drug-likeness (QED) is 0.472. The molecule has 1 saturated heterocycles. The van der Waals surface area contributed by atoms with Gasteiger partial charge in [-0.3, -0.25) is 0 Å². The van der Waals surface area contributed by atoms with Crippen LogP contribution in [0.1, 0.15) is 20.3 Å². The number of hydrogen-bond acceptors (Lipinski definition) is 6. The van der Waals surface area contributed by atoms with Crippen LogP contribution in [-0.4, -0.2) is 30.4 Å². The predicted octanol–water partition coefficient (Wildman–Crippen LogP) is 2.59. The summed E-state index contributed by atoms with van der Waals surface area (Å²) in [7, 11) is 0. The first kappa shape index (κ1) is 15.9. The minimum Gasteiger partial charge on any atom is -0.491 e. The molecular formula is C19H18O6. The smallest absolute Gasteiger partial charge is 0.336 e. The summed E-state index contributed by atoms with van der Waals surface area (Å²) in [4.78, 5) is 22.7. The van der Waals surface area contributed by atoms with Crippen LogP contribution in [0.4, 0.5) is 0 Å². The molecule has 0 amide bonds. The summed E-state index contributed by atoms with van der Waals surface area (Å²) in [5.41, 5.74) is 0.370. The molecule has 6 nitrogen and oxygen atoms in total. The fraction of sp³-hybridized carbons (Fsp3) is 0.368. The second-order valence-electron chi connectivity index (χ2n) is 6.68. The molecule has 4 rings (SSSR count). The lowest BCUT2D eigenvalue weighted by Gasteiger charge is -2.12. The van der Waals surface area contributed by atoms with Crippen molar-refractivity contribution in [3.05, 3.63) is 52.4 Å². The van der Waals surface area contributed by atoms with E-state index in [9.17, 15) is 9.59 Å². The summed E-state index contributed by atoms with van der Waals surface area (Å²) in [6, 6.07) is 8.46. The third-order valence-corrected chi connectivity index (χ3v) is 4.65. The Bertz CT molecular complexity index is 927. The third-order valence-electron chi connectivity index (χ3n) is 4.65. The zero-order valence-electron chi connectivity index (χ0n) is 14.0. The number of cyclic esters (lactones) is 1. The molecule has 25 heavy (non-hydrogen) atoms. The van der Waals surface area contributed by atoms with Crippen molar-refractivity contribution in [2.75, 3.05) is 6.61 Å². The zero-order chi connectivity index (χ0) is 17.6. The predicted molar refractivity (Wildman–Crippen MR) is 89.5 cm³/mol. The molecule has 2 aliphatic heterocycles. The van der Waals surface area contributed by atoms with Gasteiger partial charge in [0.15, 0.2) is 0 Å². The van der Waals surface area contributed by atoms with Crippen molar-refractivity contribution in [3.63, 3.8) is 0 Å². The van der Waals surface area contributed by atoms with Gasteiger partial charge in [-0.1, -0.05) is 0 Å². The van der Waals surface area contributed by atoms with Crippen molar-refractivity contribution >= 4 is 16.9 Å². The van der Waals surface area contributed by atoms with Crippen molar-refractivity contribution in [3.8, 4) is 5.75 Å². The molecule has 3 atom stereocenters. The van der Waals surface area contributed by atoms with E-state index in [1.54, 1.807) is 19.1 Å². The van der Waals surface area contributed by atoms with Gasteiger partial charge in [-0.25, -0.2) is 9.59 Å². The topological polar surface area (TPSA) is 78.3 Å². The Labute approximate surface area is 144 Å². The largest absolute Gasteiger partial charge is 0.491 e. The SMILES string of the molecule is CC1=C[C@@H](C[C@]2(C)O[C@H]2COc2ccc3ccc(=O)oc3c2)OC1=O. The molecule has 3 heterocycles. The minimum atomic E-state index is -0.391. The summed E-state index contributed by atoms with van der Waals surface area (Å²) in [5.74, 6) is 0.349.